The number of allylic oxidation sites excluding steroid dienone is 1. The van der Waals surface area contributed by atoms with Crippen LogP contribution in [0.15, 0.2) is 67.4 Å². The summed E-state index contributed by atoms with van der Waals surface area (Å²) < 4.78 is 0. The fourth-order valence-corrected chi connectivity index (χ4v) is 4.85. The first-order valence-electron chi connectivity index (χ1n) is 12.1. The van der Waals surface area contributed by atoms with Gasteiger partial charge in [-0.15, -0.1) is 0 Å². The van der Waals surface area contributed by atoms with E-state index in [1.54, 1.807) is 0 Å². The molecule has 2 aromatic carbocycles. The molecule has 2 saturated heterocycles. The first kappa shape index (κ1) is 23.9. The maximum atomic E-state index is 13.0. The predicted octanol–water partition coefficient (Wildman–Crippen LogP) is 3.92. The minimum absolute atomic E-state index is 0.232. The van der Waals surface area contributed by atoms with Crippen LogP contribution in [0.25, 0.3) is 5.57 Å². The molecule has 2 heterocycles. The number of hydrogen-bond donors (Lipinski definition) is 1. The second kappa shape index (κ2) is 10.3. The van der Waals surface area contributed by atoms with Gasteiger partial charge in [0.2, 0.25) is 5.91 Å². The van der Waals surface area contributed by atoms with Crippen molar-refractivity contribution in [3.8, 4) is 0 Å². The number of nitrogens with two attached hydrogens (primary N) is 1. The molecule has 1 unspecified atom stereocenters. The molecule has 6 nitrogen and oxygen atoms in total. The minimum Gasteiger partial charge on any atom is -0.399 e. The van der Waals surface area contributed by atoms with Gasteiger partial charge in [0.1, 0.15) is 0 Å². The van der Waals surface area contributed by atoms with Gasteiger partial charge in [-0.05, 0) is 61.9 Å². The molecular formula is C28H37N5O. The number of amides is 1. The molecule has 2 aliphatic heterocycles. The number of piperazine rings is 1. The number of likely N-dealkylation sites (tertiary alicyclic amines) is 1. The van der Waals surface area contributed by atoms with Gasteiger partial charge in [-0.1, -0.05) is 30.9 Å². The maximum Gasteiger partial charge on any atom is 0.236 e. The summed E-state index contributed by atoms with van der Waals surface area (Å²) in [4.78, 5) is 21.8. The number of anilines is 3. The number of rotatable bonds is 7. The Morgan fingerprint density at radius 1 is 1.00 bits per heavy atom. The van der Waals surface area contributed by atoms with E-state index >= 15 is 0 Å². The van der Waals surface area contributed by atoms with E-state index in [2.05, 4.69) is 52.1 Å². The molecule has 0 bridgehead atoms. The number of nitrogen functional groups attached to an aromatic ring is 1. The quantitative estimate of drug-likeness (QED) is 0.636. The zero-order valence-electron chi connectivity index (χ0n) is 20.5. The summed E-state index contributed by atoms with van der Waals surface area (Å²) in [5.74, 6) is 0.588. The topological polar surface area (TPSA) is 56.0 Å². The Labute approximate surface area is 203 Å². The van der Waals surface area contributed by atoms with Gasteiger partial charge in [-0.2, -0.15) is 0 Å². The lowest BCUT2D eigenvalue weighted by atomic mass is 10.0. The first-order valence-corrected chi connectivity index (χ1v) is 12.1. The minimum atomic E-state index is 0.232. The van der Waals surface area contributed by atoms with Crippen LogP contribution >= 0.6 is 0 Å². The first-order chi connectivity index (χ1) is 16.3. The highest BCUT2D eigenvalue weighted by Gasteiger charge is 2.30. The van der Waals surface area contributed by atoms with Crippen molar-refractivity contribution in [3.63, 3.8) is 0 Å². The Hall–Kier alpha value is -3.25. The van der Waals surface area contributed by atoms with E-state index in [-0.39, 0.29) is 5.91 Å². The van der Waals surface area contributed by atoms with Gasteiger partial charge < -0.3 is 20.4 Å². The number of carbonyl (C=O) groups excluding carboxylic acids is 1. The lowest BCUT2D eigenvalue weighted by molar-refractivity contribution is -0.132. The van der Waals surface area contributed by atoms with Crippen LogP contribution in [-0.4, -0.2) is 68.6 Å². The van der Waals surface area contributed by atoms with Crippen molar-refractivity contribution in [3.05, 3.63) is 72.9 Å². The summed E-state index contributed by atoms with van der Waals surface area (Å²) >= 11 is 0. The van der Waals surface area contributed by atoms with Gasteiger partial charge in [0.15, 0.2) is 0 Å². The average Bonchev–Trinajstić information content (AvgIpc) is 3.32. The van der Waals surface area contributed by atoms with Gasteiger partial charge in [-0.25, -0.2) is 0 Å². The van der Waals surface area contributed by atoms with E-state index < -0.39 is 0 Å². The third-order valence-corrected chi connectivity index (χ3v) is 7.17. The van der Waals surface area contributed by atoms with Gasteiger partial charge in [-0.3, -0.25) is 9.69 Å². The monoisotopic (exact) mass is 459 g/mol. The van der Waals surface area contributed by atoms with Crippen molar-refractivity contribution in [1.82, 2.24) is 9.80 Å². The molecule has 4 rings (SSSR count). The summed E-state index contributed by atoms with van der Waals surface area (Å²) in [5.41, 5.74) is 12.2. The van der Waals surface area contributed by atoms with E-state index in [1.165, 1.54) is 11.3 Å². The van der Waals surface area contributed by atoms with Crippen molar-refractivity contribution in [2.24, 2.45) is 5.92 Å². The Balaban J connectivity index is 1.24. The number of carbonyl (C=O) groups is 1. The molecule has 0 saturated carbocycles. The zero-order chi connectivity index (χ0) is 24.2. The van der Waals surface area contributed by atoms with E-state index in [9.17, 15) is 4.79 Å². The molecule has 6 heteroatoms. The van der Waals surface area contributed by atoms with Gasteiger partial charge >= 0.3 is 0 Å². The smallest absolute Gasteiger partial charge is 0.236 e. The SMILES string of the molecule is C=C(C)c1ccc(N2CCN(C(=O)CN3CCC(C(=C)N(C)c4ccc(N)cc4)C3)CC2)cc1. The second-order valence-corrected chi connectivity index (χ2v) is 9.56. The van der Waals surface area contributed by atoms with E-state index in [4.69, 9.17) is 5.73 Å². The fourth-order valence-electron chi connectivity index (χ4n) is 4.85. The summed E-state index contributed by atoms with van der Waals surface area (Å²) in [7, 11) is 2.05. The predicted molar refractivity (Wildman–Crippen MR) is 143 cm³/mol. The van der Waals surface area contributed by atoms with Gasteiger partial charge in [0.25, 0.3) is 0 Å². The lowest BCUT2D eigenvalue weighted by Crippen LogP contribution is -2.51. The highest BCUT2D eigenvalue weighted by molar-refractivity contribution is 5.78. The summed E-state index contributed by atoms with van der Waals surface area (Å²) in [6.07, 6.45) is 1.03. The van der Waals surface area contributed by atoms with Crippen LogP contribution in [0, 0.1) is 5.92 Å². The van der Waals surface area contributed by atoms with Crippen molar-refractivity contribution in [2.75, 3.05) is 68.4 Å². The second-order valence-electron chi connectivity index (χ2n) is 9.56. The summed E-state index contributed by atoms with van der Waals surface area (Å²) in [5, 5.41) is 0. The van der Waals surface area contributed by atoms with Crippen LogP contribution in [0.5, 0.6) is 0 Å². The van der Waals surface area contributed by atoms with Gasteiger partial charge in [0.05, 0.1) is 6.54 Å². The van der Waals surface area contributed by atoms with Crippen LogP contribution < -0.4 is 15.5 Å². The molecule has 0 aromatic heterocycles. The van der Waals surface area contributed by atoms with Crippen molar-refractivity contribution >= 4 is 28.5 Å². The molecule has 0 aliphatic carbocycles. The number of hydrogen-bond acceptors (Lipinski definition) is 5. The van der Waals surface area contributed by atoms with Crippen molar-refractivity contribution in [1.29, 1.82) is 0 Å². The van der Waals surface area contributed by atoms with Crippen molar-refractivity contribution < 1.29 is 4.79 Å². The van der Waals surface area contributed by atoms with Crippen molar-refractivity contribution in [2.45, 2.75) is 13.3 Å². The maximum absolute atomic E-state index is 13.0. The van der Waals surface area contributed by atoms with Crippen LogP contribution in [0.4, 0.5) is 17.1 Å². The van der Waals surface area contributed by atoms with Crippen LogP contribution in [0.2, 0.25) is 0 Å². The molecule has 2 aliphatic rings. The molecule has 2 fully saturated rings. The molecule has 180 valence electrons. The molecule has 34 heavy (non-hydrogen) atoms. The molecule has 0 spiro atoms. The van der Waals surface area contributed by atoms with Crippen LogP contribution in [0.3, 0.4) is 0 Å². The van der Waals surface area contributed by atoms with Gasteiger partial charge in [0, 0.05) is 68.4 Å². The lowest BCUT2D eigenvalue weighted by Gasteiger charge is -2.37. The van der Waals surface area contributed by atoms with Crippen LogP contribution in [-0.2, 0) is 4.79 Å². The van der Waals surface area contributed by atoms with Crippen LogP contribution in [0.1, 0.15) is 18.9 Å². The third-order valence-electron chi connectivity index (χ3n) is 7.17. The number of nitrogens with zero attached hydrogens (tertiary/aromatic N) is 4. The highest BCUT2D eigenvalue weighted by atomic mass is 16.2. The Bertz CT molecular complexity index is 1020. The fraction of sp³-hybridized carbons (Fsp3) is 0.393. The Morgan fingerprint density at radius 2 is 1.65 bits per heavy atom. The molecule has 1 amide bonds. The Morgan fingerprint density at radius 3 is 2.26 bits per heavy atom. The average molecular weight is 460 g/mol. The van der Waals surface area contributed by atoms with E-state index in [0.29, 0.717) is 12.5 Å². The largest absolute Gasteiger partial charge is 0.399 e. The molecule has 2 N–H and O–H groups in total. The highest BCUT2D eigenvalue weighted by Crippen LogP contribution is 2.28. The number of benzene rings is 2. The van der Waals surface area contributed by atoms with E-state index in [1.807, 2.05) is 43.1 Å². The third kappa shape index (κ3) is 5.45. The Kier molecular flexibility index (Phi) is 7.27. The molecule has 0 radical (unpaired) electrons. The normalized spacial score (nSPS) is 18.7. The van der Waals surface area contributed by atoms with E-state index in [0.717, 1.165) is 68.3 Å². The standard InChI is InChI=1S/C28H37N5O/c1-21(2)23-5-9-27(10-6-23)32-15-17-33(18-16-32)28(34)20-31-14-13-24(19-31)22(3)30(4)26-11-7-25(29)8-12-26/h5-12,24H,1,3,13-20,29H2,2,4H3. The zero-order valence-corrected chi connectivity index (χ0v) is 20.5. The summed E-state index contributed by atoms with van der Waals surface area (Å²) in [6.45, 7) is 15.9. The molecular weight excluding hydrogens is 422 g/mol. The molecule has 1 atom stereocenters. The summed E-state index contributed by atoms with van der Waals surface area (Å²) in [6, 6.07) is 16.4. The molecule has 2 aromatic rings.